The number of hydrogen-bond acceptors (Lipinski definition) is 6. The number of likely N-dealkylation sites (N-methyl/N-ethyl adjacent to an activating group) is 1. The minimum Gasteiger partial charge on any atom is -0.402 e. The molecular formula is C23H33F3N6O. The molecule has 182 valence electrons. The second-order valence-corrected chi connectivity index (χ2v) is 9.71. The van der Waals surface area contributed by atoms with Gasteiger partial charge in [0.1, 0.15) is 5.82 Å². The molecule has 2 aromatic heterocycles. The first kappa shape index (κ1) is 23.8. The van der Waals surface area contributed by atoms with Crippen LogP contribution in [0.25, 0.3) is 11.3 Å². The Balaban J connectivity index is 1.61. The molecule has 3 heterocycles. The molecule has 2 aliphatic rings. The average Bonchev–Trinajstić information content (AvgIpc) is 3.33. The van der Waals surface area contributed by atoms with Gasteiger partial charge >= 0.3 is 6.36 Å². The van der Waals surface area contributed by atoms with Gasteiger partial charge in [-0.25, -0.2) is 9.97 Å². The summed E-state index contributed by atoms with van der Waals surface area (Å²) in [5.41, 5.74) is 6.63. The number of pyridine rings is 1. The molecule has 2 aromatic rings. The van der Waals surface area contributed by atoms with E-state index in [1.54, 1.807) is 0 Å². The highest BCUT2D eigenvalue weighted by molar-refractivity contribution is 5.64. The molecule has 3 atom stereocenters. The molecule has 7 nitrogen and oxygen atoms in total. The number of ether oxygens (including phenoxy) is 1. The van der Waals surface area contributed by atoms with Crippen molar-refractivity contribution in [3.63, 3.8) is 0 Å². The van der Waals surface area contributed by atoms with Crippen molar-refractivity contribution in [2.45, 2.75) is 58.0 Å². The van der Waals surface area contributed by atoms with E-state index in [2.05, 4.69) is 51.9 Å². The molecule has 1 saturated heterocycles. The van der Waals surface area contributed by atoms with Gasteiger partial charge in [0.15, 0.2) is 11.6 Å². The number of nitrogens with two attached hydrogens (primary N) is 1. The van der Waals surface area contributed by atoms with Crippen molar-refractivity contribution < 1.29 is 17.9 Å². The number of nitrogen functional groups attached to an aromatic ring is 1. The van der Waals surface area contributed by atoms with Crippen molar-refractivity contribution in [1.82, 2.24) is 24.3 Å². The third-order valence-corrected chi connectivity index (χ3v) is 6.91. The lowest BCUT2D eigenvalue weighted by Crippen LogP contribution is -2.48. The van der Waals surface area contributed by atoms with Gasteiger partial charge in [-0.1, -0.05) is 20.8 Å². The number of alkyl halides is 3. The normalized spacial score (nSPS) is 25.2. The van der Waals surface area contributed by atoms with E-state index in [9.17, 15) is 13.2 Å². The van der Waals surface area contributed by atoms with Crippen LogP contribution in [0.5, 0.6) is 5.75 Å². The minimum atomic E-state index is -4.84. The molecule has 0 spiro atoms. The second-order valence-electron chi connectivity index (χ2n) is 9.71. The summed E-state index contributed by atoms with van der Waals surface area (Å²) in [4.78, 5) is 13.7. The number of aromatic nitrogens is 3. The molecule has 0 bridgehead atoms. The molecule has 0 radical (unpaired) electrons. The fourth-order valence-corrected chi connectivity index (χ4v) is 5.11. The number of halogens is 3. The Morgan fingerprint density at radius 3 is 2.48 bits per heavy atom. The zero-order chi connectivity index (χ0) is 23.9. The molecule has 2 N–H and O–H groups in total. The number of rotatable bonds is 5. The average molecular weight is 467 g/mol. The van der Waals surface area contributed by atoms with Crippen molar-refractivity contribution in [1.29, 1.82) is 0 Å². The zero-order valence-corrected chi connectivity index (χ0v) is 19.6. The van der Waals surface area contributed by atoms with Crippen LogP contribution in [-0.4, -0.2) is 70.0 Å². The topological polar surface area (TPSA) is 72.4 Å². The van der Waals surface area contributed by atoms with Gasteiger partial charge < -0.3 is 19.9 Å². The summed E-state index contributed by atoms with van der Waals surface area (Å²) < 4.78 is 44.6. The number of piperazine rings is 1. The predicted octanol–water partition coefficient (Wildman–Crippen LogP) is 4.14. The van der Waals surface area contributed by atoms with Crippen LogP contribution in [0, 0.1) is 5.92 Å². The van der Waals surface area contributed by atoms with E-state index in [1.165, 1.54) is 12.3 Å². The summed E-state index contributed by atoms with van der Waals surface area (Å²) in [6.07, 6.45) is 0.734. The number of nitrogens with zero attached hydrogens (tertiary/aromatic N) is 5. The maximum absolute atomic E-state index is 12.8. The van der Waals surface area contributed by atoms with E-state index >= 15 is 0 Å². The zero-order valence-electron chi connectivity index (χ0n) is 19.6. The van der Waals surface area contributed by atoms with Gasteiger partial charge in [-0.05, 0) is 31.9 Å². The van der Waals surface area contributed by atoms with E-state index in [1.807, 2.05) is 6.20 Å². The largest absolute Gasteiger partial charge is 0.573 e. The summed E-state index contributed by atoms with van der Waals surface area (Å²) in [6.45, 7) is 10.8. The fourth-order valence-electron chi connectivity index (χ4n) is 5.11. The molecule has 1 unspecified atom stereocenters. The summed E-state index contributed by atoms with van der Waals surface area (Å²) in [6, 6.07) is 2.09. The lowest BCUT2D eigenvalue weighted by molar-refractivity contribution is -0.274. The maximum atomic E-state index is 12.8. The van der Waals surface area contributed by atoms with Gasteiger partial charge in [-0.2, -0.15) is 0 Å². The third-order valence-electron chi connectivity index (χ3n) is 6.91. The molecular weight excluding hydrogens is 433 g/mol. The monoisotopic (exact) mass is 466 g/mol. The van der Waals surface area contributed by atoms with Crippen LogP contribution < -0.4 is 10.5 Å². The van der Waals surface area contributed by atoms with Gasteiger partial charge in [-0.15, -0.1) is 13.2 Å². The molecule has 0 amide bonds. The van der Waals surface area contributed by atoms with Crippen molar-refractivity contribution in [3.8, 4) is 17.0 Å². The second kappa shape index (κ2) is 9.13. The Kier molecular flexibility index (Phi) is 6.59. The maximum Gasteiger partial charge on any atom is 0.573 e. The van der Waals surface area contributed by atoms with Crippen LogP contribution in [-0.2, 0) is 0 Å². The quantitative estimate of drug-likeness (QED) is 0.714. The van der Waals surface area contributed by atoms with Crippen molar-refractivity contribution >= 4 is 5.82 Å². The first-order chi connectivity index (χ1) is 15.5. The summed E-state index contributed by atoms with van der Waals surface area (Å²) in [7, 11) is 2.16. The van der Waals surface area contributed by atoms with E-state index in [0.717, 1.165) is 44.8 Å². The molecule has 33 heavy (non-hydrogen) atoms. The Hall–Kier alpha value is -2.33. The van der Waals surface area contributed by atoms with Gasteiger partial charge in [0.2, 0.25) is 0 Å². The lowest BCUT2D eigenvalue weighted by atomic mass is 10.1. The van der Waals surface area contributed by atoms with Gasteiger partial charge in [-0.3, -0.25) is 4.90 Å². The summed E-state index contributed by atoms with van der Waals surface area (Å²) >= 11 is 0. The van der Waals surface area contributed by atoms with Gasteiger partial charge in [0, 0.05) is 62.1 Å². The van der Waals surface area contributed by atoms with E-state index in [0.29, 0.717) is 29.3 Å². The van der Waals surface area contributed by atoms with Crippen LogP contribution in [0.15, 0.2) is 18.5 Å². The smallest absolute Gasteiger partial charge is 0.402 e. The number of anilines is 1. The molecule has 0 aromatic carbocycles. The van der Waals surface area contributed by atoms with Gasteiger partial charge in [0.05, 0.1) is 5.69 Å². The molecule has 10 heteroatoms. The summed E-state index contributed by atoms with van der Waals surface area (Å²) in [5.74, 6) is 0.754. The first-order valence-electron chi connectivity index (χ1n) is 11.5. The first-order valence-corrected chi connectivity index (χ1v) is 11.5. The minimum absolute atomic E-state index is 0.168. The fraction of sp³-hybridized carbons (Fsp3) is 0.652. The Morgan fingerprint density at radius 2 is 1.85 bits per heavy atom. The third kappa shape index (κ3) is 5.27. The van der Waals surface area contributed by atoms with Crippen molar-refractivity contribution in [2.75, 3.05) is 39.0 Å². The number of imidazole rings is 1. The van der Waals surface area contributed by atoms with Crippen LogP contribution in [0.2, 0.25) is 0 Å². The molecule has 1 aliphatic heterocycles. The SMILES string of the molecule is CC(C)c1nc(-c2cnc(N)c(OC(F)(F)F)c2)cn1[C@@H]1CC(N2CCN(C)CC2)C[C@@H]1C. The standard InChI is InChI=1S/C23H33F3N6O/c1-14(2)22-29-18(16-10-20(21(27)28-12-16)33-23(24,25)26)13-32(22)19-11-17(9-15(19)3)31-7-5-30(4)6-8-31/h10,12-15,17,19H,5-9,11H2,1-4H3,(H2,27,28)/t15-,17?,19+/m0/s1. The number of hydrogen-bond donors (Lipinski definition) is 1. The van der Waals surface area contributed by atoms with Crippen LogP contribution >= 0.6 is 0 Å². The molecule has 1 saturated carbocycles. The van der Waals surface area contributed by atoms with E-state index in [-0.39, 0.29) is 11.7 Å². The van der Waals surface area contributed by atoms with Crippen LogP contribution in [0.1, 0.15) is 51.4 Å². The molecule has 1 aliphatic carbocycles. The van der Waals surface area contributed by atoms with Crippen molar-refractivity contribution in [3.05, 3.63) is 24.3 Å². The molecule has 2 fully saturated rings. The Labute approximate surface area is 192 Å². The van der Waals surface area contributed by atoms with E-state index < -0.39 is 12.1 Å². The highest BCUT2D eigenvalue weighted by Crippen LogP contribution is 2.41. The molecule has 4 rings (SSSR count). The summed E-state index contributed by atoms with van der Waals surface area (Å²) in [5, 5.41) is 0. The Bertz CT molecular complexity index is 968. The van der Waals surface area contributed by atoms with Crippen molar-refractivity contribution in [2.24, 2.45) is 5.92 Å². The highest BCUT2D eigenvalue weighted by Gasteiger charge is 2.38. The van der Waals surface area contributed by atoms with Crippen LogP contribution in [0.3, 0.4) is 0 Å². The predicted molar refractivity (Wildman–Crippen MR) is 121 cm³/mol. The van der Waals surface area contributed by atoms with Crippen LogP contribution in [0.4, 0.5) is 19.0 Å². The highest BCUT2D eigenvalue weighted by atomic mass is 19.4. The van der Waals surface area contributed by atoms with E-state index in [4.69, 9.17) is 10.7 Å². The van der Waals surface area contributed by atoms with Gasteiger partial charge in [0.25, 0.3) is 0 Å². The lowest BCUT2D eigenvalue weighted by Gasteiger charge is -2.36. The Morgan fingerprint density at radius 1 is 1.15 bits per heavy atom.